The Bertz CT molecular complexity index is 503. The Labute approximate surface area is 107 Å². The van der Waals surface area contributed by atoms with E-state index in [4.69, 9.17) is 9.31 Å². The van der Waals surface area contributed by atoms with Crippen LogP contribution in [0.4, 0.5) is 0 Å². The maximum absolute atomic E-state index is 11.5. The van der Waals surface area contributed by atoms with Gasteiger partial charge in [0.05, 0.1) is 11.2 Å². The highest BCUT2D eigenvalue weighted by molar-refractivity contribution is 6.52. The van der Waals surface area contributed by atoms with E-state index in [-0.39, 0.29) is 16.8 Å². The maximum atomic E-state index is 11.5. The number of aromatic nitrogens is 1. The summed E-state index contributed by atoms with van der Waals surface area (Å²) >= 11 is 0. The van der Waals surface area contributed by atoms with Crippen molar-refractivity contribution in [2.45, 2.75) is 38.9 Å². The van der Waals surface area contributed by atoms with Crippen LogP contribution < -0.4 is 5.56 Å². The average Bonchev–Trinajstić information content (AvgIpc) is 2.46. The van der Waals surface area contributed by atoms with Crippen LogP contribution in [0.1, 0.15) is 33.3 Å². The molecule has 1 fully saturated rings. The molecule has 1 aromatic rings. The predicted molar refractivity (Wildman–Crippen MR) is 72.2 cm³/mol. The van der Waals surface area contributed by atoms with Gasteiger partial charge in [0.2, 0.25) is 0 Å². The summed E-state index contributed by atoms with van der Waals surface area (Å²) in [5, 5.41) is 0. The van der Waals surface area contributed by atoms with Crippen LogP contribution in [-0.2, 0) is 9.31 Å². The molecular formula is C13H18BNO3. The Hall–Kier alpha value is -1.33. The van der Waals surface area contributed by atoms with E-state index in [1.807, 2.05) is 27.7 Å². The van der Waals surface area contributed by atoms with E-state index in [2.05, 4.69) is 4.98 Å². The summed E-state index contributed by atoms with van der Waals surface area (Å²) in [7, 11) is -0.422. The van der Waals surface area contributed by atoms with Crippen LogP contribution in [-0.4, -0.2) is 23.3 Å². The molecule has 2 rings (SSSR count). The summed E-state index contributed by atoms with van der Waals surface area (Å²) in [6, 6.07) is 3.53. The largest absolute Gasteiger partial charge is 0.487 e. The molecule has 0 aliphatic carbocycles. The van der Waals surface area contributed by atoms with Crippen LogP contribution in [0.3, 0.4) is 0 Å². The lowest BCUT2D eigenvalue weighted by molar-refractivity contribution is 0.00578. The quantitative estimate of drug-likeness (QED) is 0.813. The molecule has 1 aliphatic rings. The van der Waals surface area contributed by atoms with E-state index in [0.29, 0.717) is 5.56 Å². The van der Waals surface area contributed by atoms with Crippen molar-refractivity contribution in [3.05, 3.63) is 40.2 Å². The lowest BCUT2D eigenvalue weighted by Gasteiger charge is -2.32. The fourth-order valence-electron chi connectivity index (χ4n) is 1.72. The molecular weight excluding hydrogens is 229 g/mol. The van der Waals surface area contributed by atoms with E-state index in [0.717, 1.165) is 0 Å². The summed E-state index contributed by atoms with van der Waals surface area (Å²) in [5.74, 6) is 1.76. The molecule has 96 valence electrons. The summed E-state index contributed by atoms with van der Waals surface area (Å²) in [5.41, 5.74) is -0.242. The zero-order valence-electron chi connectivity index (χ0n) is 11.2. The van der Waals surface area contributed by atoms with Crippen molar-refractivity contribution in [2.75, 3.05) is 0 Å². The van der Waals surface area contributed by atoms with E-state index in [9.17, 15) is 4.79 Å². The van der Waals surface area contributed by atoms with Crippen molar-refractivity contribution in [1.82, 2.24) is 4.98 Å². The van der Waals surface area contributed by atoms with Gasteiger partial charge < -0.3 is 14.3 Å². The van der Waals surface area contributed by atoms with Crippen LogP contribution in [0.25, 0.3) is 6.08 Å². The molecule has 0 unspecified atom stereocenters. The van der Waals surface area contributed by atoms with Crippen LogP contribution in [0.2, 0.25) is 0 Å². The highest BCUT2D eigenvalue weighted by Gasteiger charge is 2.49. The first kappa shape index (κ1) is 13.1. The topological polar surface area (TPSA) is 51.3 Å². The molecule has 0 radical (unpaired) electrons. The average molecular weight is 247 g/mol. The zero-order valence-corrected chi connectivity index (χ0v) is 11.2. The number of pyridine rings is 1. The molecule has 18 heavy (non-hydrogen) atoms. The maximum Gasteiger partial charge on any atom is 0.487 e. The van der Waals surface area contributed by atoms with Gasteiger partial charge >= 0.3 is 7.12 Å². The molecule has 0 aromatic carbocycles. The number of hydrogen-bond acceptors (Lipinski definition) is 3. The van der Waals surface area contributed by atoms with E-state index in [1.54, 1.807) is 30.4 Å². The fourth-order valence-corrected chi connectivity index (χ4v) is 1.72. The first-order valence-electron chi connectivity index (χ1n) is 6.03. The van der Waals surface area contributed by atoms with E-state index < -0.39 is 7.12 Å². The van der Waals surface area contributed by atoms with Crippen LogP contribution in [0.5, 0.6) is 0 Å². The minimum absolute atomic E-state index is 0.120. The molecule has 1 saturated heterocycles. The van der Waals surface area contributed by atoms with Gasteiger partial charge in [-0.15, -0.1) is 0 Å². The third kappa shape index (κ3) is 2.42. The van der Waals surface area contributed by atoms with Crippen LogP contribution in [0, 0.1) is 0 Å². The third-order valence-electron chi connectivity index (χ3n) is 3.55. The Balaban J connectivity index is 2.14. The van der Waals surface area contributed by atoms with Crippen molar-refractivity contribution in [1.29, 1.82) is 0 Å². The third-order valence-corrected chi connectivity index (χ3v) is 3.55. The van der Waals surface area contributed by atoms with Crippen molar-refractivity contribution in [2.24, 2.45) is 0 Å². The second-order valence-electron chi connectivity index (χ2n) is 5.44. The number of hydrogen-bond donors (Lipinski definition) is 1. The van der Waals surface area contributed by atoms with Crippen molar-refractivity contribution < 1.29 is 9.31 Å². The van der Waals surface area contributed by atoms with Gasteiger partial charge in [-0.1, -0.05) is 12.1 Å². The molecule has 5 heteroatoms. The zero-order chi connectivity index (χ0) is 13.4. The first-order chi connectivity index (χ1) is 8.32. The number of aromatic amines is 1. The van der Waals surface area contributed by atoms with E-state index in [1.165, 1.54) is 0 Å². The summed E-state index contributed by atoms with van der Waals surface area (Å²) < 4.78 is 11.6. The molecule has 0 spiro atoms. The molecule has 1 aliphatic heterocycles. The molecule has 1 aromatic heterocycles. The Morgan fingerprint density at radius 1 is 1.22 bits per heavy atom. The van der Waals surface area contributed by atoms with Gasteiger partial charge in [0, 0.05) is 11.8 Å². The number of rotatable bonds is 2. The van der Waals surface area contributed by atoms with Gasteiger partial charge in [-0.2, -0.15) is 0 Å². The first-order valence-corrected chi connectivity index (χ1v) is 6.03. The van der Waals surface area contributed by atoms with Gasteiger partial charge in [0.25, 0.3) is 5.56 Å². The lowest BCUT2D eigenvalue weighted by Crippen LogP contribution is -2.41. The van der Waals surface area contributed by atoms with Crippen molar-refractivity contribution in [3.8, 4) is 0 Å². The Morgan fingerprint density at radius 3 is 2.39 bits per heavy atom. The second-order valence-corrected chi connectivity index (χ2v) is 5.44. The SMILES string of the molecule is CC1(C)OB(/C=C/c2ccc[nH]c2=O)OC1(C)C. The summed E-state index contributed by atoms with van der Waals surface area (Å²) in [6.45, 7) is 7.98. The summed E-state index contributed by atoms with van der Waals surface area (Å²) in [6.07, 6.45) is 3.33. The Kier molecular flexibility index (Phi) is 3.21. The van der Waals surface area contributed by atoms with Gasteiger partial charge in [-0.3, -0.25) is 4.79 Å². The molecule has 0 saturated carbocycles. The standard InChI is InChI=1S/C13H18BNO3/c1-12(2)13(3,4)18-14(17-12)8-7-10-6-5-9-15-11(10)16/h5-9H,1-4H3,(H,15,16)/b8-7+. The molecule has 0 amide bonds. The lowest BCUT2D eigenvalue weighted by atomic mass is 9.89. The Morgan fingerprint density at radius 2 is 1.83 bits per heavy atom. The summed E-state index contributed by atoms with van der Waals surface area (Å²) in [4.78, 5) is 14.1. The molecule has 2 heterocycles. The fraction of sp³-hybridized carbons (Fsp3) is 0.462. The van der Waals surface area contributed by atoms with Crippen molar-refractivity contribution in [3.63, 3.8) is 0 Å². The number of nitrogens with one attached hydrogen (secondary N) is 1. The molecule has 4 nitrogen and oxygen atoms in total. The van der Waals surface area contributed by atoms with Crippen LogP contribution in [0.15, 0.2) is 29.1 Å². The highest BCUT2D eigenvalue weighted by atomic mass is 16.7. The van der Waals surface area contributed by atoms with Gasteiger partial charge in [-0.05, 0) is 39.8 Å². The van der Waals surface area contributed by atoms with Gasteiger partial charge in [0.15, 0.2) is 0 Å². The normalized spacial score (nSPS) is 21.7. The smallest absolute Gasteiger partial charge is 0.400 e. The minimum atomic E-state index is -0.422. The number of H-pyrrole nitrogens is 1. The molecule has 0 atom stereocenters. The van der Waals surface area contributed by atoms with E-state index >= 15 is 0 Å². The monoisotopic (exact) mass is 247 g/mol. The van der Waals surface area contributed by atoms with Gasteiger partial charge in [0.1, 0.15) is 0 Å². The predicted octanol–water partition coefficient (Wildman–Crippen LogP) is 2.02. The highest BCUT2D eigenvalue weighted by Crippen LogP contribution is 2.36. The minimum Gasteiger partial charge on any atom is -0.400 e. The molecule has 1 N–H and O–H groups in total. The molecule has 0 bridgehead atoms. The van der Waals surface area contributed by atoms with Crippen LogP contribution >= 0.6 is 0 Å². The van der Waals surface area contributed by atoms with Crippen molar-refractivity contribution >= 4 is 13.2 Å². The second kappa shape index (κ2) is 4.41. The van der Waals surface area contributed by atoms with Gasteiger partial charge in [-0.25, -0.2) is 0 Å².